The molecule has 0 atom stereocenters. The van der Waals surface area contributed by atoms with E-state index in [-0.39, 0.29) is 0 Å². The molecule has 0 unspecified atom stereocenters. The van der Waals surface area contributed by atoms with Gasteiger partial charge in [-0.3, -0.25) is 0 Å². The van der Waals surface area contributed by atoms with Gasteiger partial charge in [-0.15, -0.1) is 12.3 Å². The van der Waals surface area contributed by atoms with Gasteiger partial charge in [0.1, 0.15) is 0 Å². The van der Waals surface area contributed by atoms with Crippen LogP contribution in [0.4, 0.5) is 0 Å². The quantitative estimate of drug-likeness (QED) is 0.601. The van der Waals surface area contributed by atoms with E-state index < -0.39 is 16.4 Å². The molecule has 0 aliphatic heterocycles. The lowest BCUT2D eigenvalue weighted by Crippen LogP contribution is -2.43. The third-order valence-electron chi connectivity index (χ3n) is 3.15. The van der Waals surface area contributed by atoms with E-state index in [1.54, 1.807) is 0 Å². The molecule has 1 nitrogen and oxygen atoms in total. The molecule has 0 saturated carbocycles. The molecule has 0 spiro atoms. The molecule has 3 heteroatoms. The minimum absolute atomic E-state index is 0.869. The summed E-state index contributed by atoms with van der Waals surface area (Å²) in [6, 6.07) is 2.63. The third-order valence-corrected chi connectivity index (χ3v) is 14.1. The lowest BCUT2D eigenvalue weighted by atomic mass is 10.9. The molecule has 0 aromatic carbocycles. The summed E-state index contributed by atoms with van der Waals surface area (Å²) < 4.78 is 5.92. The fraction of sp³-hybridized carbons (Fsp3) is 0.818. The van der Waals surface area contributed by atoms with Crippen molar-refractivity contribution in [2.75, 3.05) is 6.61 Å². The fourth-order valence-electron chi connectivity index (χ4n) is 2.15. The summed E-state index contributed by atoms with van der Waals surface area (Å²) in [4.78, 5) is 0. The average molecular weight is 230 g/mol. The Hall–Kier alpha value is 0.134. The van der Waals surface area contributed by atoms with Crippen LogP contribution < -0.4 is 0 Å². The molecule has 0 amide bonds. The molecule has 0 rings (SSSR count). The maximum Gasteiger partial charge on any atom is 0.184 e. The average Bonchev–Trinajstić information content (AvgIpc) is 2.14. The topological polar surface area (TPSA) is 9.23 Å². The Balaban J connectivity index is 4.49. The molecule has 0 aliphatic rings. The largest absolute Gasteiger partial charge is 0.418 e. The lowest BCUT2D eigenvalue weighted by Gasteiger charge is -2.33. The van der Waals surface area contributed by atoms with Gasteiger partial charge in [-0.25, -0.2) is 0 Å². The molecule has 0 N–H and O–H groups in total. The van der Waals surface area contributed by atoms with Gasteiger partial charge in [0.05, 0.1) is 8.07 Å². The van der Waals surface area contributed by atoms with E-state index in [2.05, 4.69) is 46.1 Å². The van der Waals surface area contributed by atoms with Crippen LogP contribution in [-0.2, 0) is 4.43 Å². The van der Waals surface area contributed by atoms with Crippen molar-refractivity contribution in [2.24, 2.45) is 0 Å². The SMILES string of the molecule is C=C[Si](CC)(CC)C[Si](C)(C)OCC. The zero-order valence-electron chi connectivity index (χ0n) is 10.5. The van der Waals surface area contributed by atoms with Crippen molar-refractivity contribution in [3.05, 3.63) is 12.3 Å². The summed E-state index contributed by atoms with van der Waals surface area (Å²) in [6.07, 6.45) is 0. The first-order valence-electron chi connectivity index (χ1n) is 5.73. The van der Waals surface area contributed by atoms with Crippen molar-refractivity contribution in [3.8, 4) is 0 Å². The predicted molar refractivity (Wildman–Crippen MR) is 70.8 cm³/mol. The van der Waals surface area contributed by atoms with Crippen LogP contribution in [-0.4, -0.2) is 23.0 Å². The van der Waals surface area contributed by atoms with Gasteiger partial charge in [-0.2, -0.15) is 0 Å². The molecule has 0 aromatic heterocycles. The minimum atomic E-state index is -1.41. The van der Waals surface area contributed by atoms with Gasteiger partial charge in [0, 0.05) is 6.61 Å². The lowest BCUT2D eigenvalue weighted by molar-refractivity contribution is 0.332. The van der Waals surface area contributed by atoms with E-state index in [0.717, 1.165) is 6.61 Å². The second-order valence-corrected chi connectivity index (χ2v) is 14.4. The summed E-state index contributed by atoms with van der Waals surface area (Å²) in [5, 5.41) is 0. The number of hydrogen-bond donors (Lipinski definition) is 0. The Bertz CT molecular complexity index is 174. The molecule has 0 heterocycles. The van der Waals surface area contributed by atoms with E-state index in [4.69, 9.17) is 4.43 Å². The van der Waals surface area contributed by atoms with Crippen molar-refractivity contribution in [3.63, 3.8) is 0 Å². The van der Waals surface area contributed by atoms with Crippen LogP contribution in [0.3, 0.4) is 0 Å². The van der Waals surface area contributed by atoms with Crippen LogP contribution >= 0.6 is 0 Å². The Morgan fingerprint density at radius 2 is 1.64 bits per heavy atom. The van der Waals surface area contributed by atoms with Gasteiger partial charge in [0.2, 0.25) is 0 Å². The molecule has 0 aromatic rings. The van der Waals surface area contributed by atoms with Crippen molar-refractivity contribution in [2.45, 2.75) is 51.6 Å². The van der Waals surface area contributed by atoms with Gasteiger partial charge < -0.3 is 4.43 Å². The van der Waals surface area contributed by atoms with Crippen LogP contribution in [0.25, 0.3) is 0 Å². The Labute approximate surface area is 91.7 Å². The summed E-state index contributed by atoms with van der Waals surface area (Å²) in [5.74, 6) is 0. The van der Waals surface area contributed by atoms with Crippen LogP contribution in [0.1, 0.15) is 20.8 Å². The van der Waals surface area contributed by atoms with Gasteiger partial charge in [0.25, 0.3) is 0 Å². The first-order valence-corrected chi connectivity index (χ1v) is 11.5. The highest BCUT2D eigenvalue weighted by molar-refractivity contribution is 6.96. The number of hydrogen-bond acceptors (Lipinski definition) is 1. The molecular weight excluding hydrogens is 204 g/mol. The van der Waals surface area contributed by atoms with Gasteiger partial charge in [0.15, 0.2) is 8.32 Å². The molecule has 0 bridgehead atoms. The van der Waals surface area contributed by atoms with E-state index >= 15 is 0 Å². The molecule has 0 aliphatic carbocycles. The molecule has 0 radical (unpaired) electrons. The van der Waals surface area contributed by atoms with Crippen molar-refractivity contribution < 1.29 is 4.43 Å². The van der Waals surface area contributed by atoms with Gasteiger partial charge in [-0.1, -0.05) is 25.9 Å². The standard InChI is InChI=1S/C11H26OSi2/c1-7-12-13(5,6)11-14(8-2,9-3)10-4/h8H,2,7,9-11H2,1,3-6H3. The van der Waals surface area contributed by atoms with Crippen LogP contribution in [0.5, 0.6) is 0 Å². The van der Waals surface area contributed by atoms with Crippen molar-refractivity contribution in [1.29, 1.82) is 0 Å². The molecule has 0 saturated heterocycles. The summed E-state index contributed by atoms with van der Waals surface area (Å²) >= 11 is 0. The zero-order valence-corrected chi connectivity index (χ0v) is 12.5. The summed E-state index contributed by atoms with van der Waals surface area (Å²) in [6.45, 7) is 16.3. The van der Waals surface area contributed by atoms with Crippen molar-refractivity contribution in [1.82, 2.24) is 0 Å². The molecule has 0 fully saturated rings. The van der Waals surface area contributed by atoms with Crippen LogP contribution in [0.2, 0.25) is 30.8 Å². The Kier molecular flexibility index (Phi) is 5.94. The normalized spacial score (nSPS) is 12.9. The maximum absolute atomic E-state index is 5.92. The van der Waals surface area contributed by atoms with E-state index in [0.29, 0.717) is 0 Å². The highest BCUT2D eigenvalue weighted by Crippen LogP contribution is 2.28. The summed E-state index contributed by atoms with van der Waals surface area (Å²) in [7, 11) is -2.60. The fourth-order valence-corrected chi connectivity index (χ4v) is 13.8. The first-order chi connectivity index (χ1) is 6.45. The second kappa shape index (κ2) is 5.88. The highest BCUT2D eigenvalue weighted by Gasteiger charge is 2.35. The van der Waals surface area contributed by atoms with Crippen LogP contribution in [0.15, 0.2) is 12.3 Å². The zero-order chi connectivity index (χ0) is 11.2. The Morgan fingerprint density at radius 3 is 1.93 bits per heavy atom. The van der Waals surface area contributed by atoms with Crippen LogP contribution in [0, 0.1) is 0 Å². The second-order valence-electron chi connectivity index (χ2n) is 4.64. The van der Waals surface area contributed by atoms with E-state index in [1.165, 1.54) is 17.8 Å². The highest BCUT2D eigenvalue weighted by atomic mass is 28.4. The third kappa shape index (κ3) is 4.11. The smallest absolute Gasteiger partial charge is 0.184 e. The molecule has 84 valence electrons. The number of rotatable bonds is 7. The predicted octanol–water partition coefficient (Wildman–Crippen LogP) is 3.98. The van der Waals surface area contributed by atoms with Gasteiger partial charge in [-0.05, 0) is 25.7 Å². The van der Waals surface area contributed by atoms with E-state index in [1.807, 2.05) is 0 Å². The van der Waals surface area contributed by atoms with Crippen molar-refractivity contribution >= 4 is 16.4 Å². The van der Waals surface area contributed by atoms with E-state index in [9.17, 15) is 0 Å². The first kappa shape index (κ1) is 14.1. The van der Waals surface area contributed by atoms with Gasteiger partial charge >= 0.3 is 0 Å². The summed E-state index contributed by atoms with van der Waals surface area (Å²) in [5.41, 5.74) is 3.62. The monoisotopic (exact) mass is 230 g/mol. The molecular formula is C11H26OSi2. The maximum atomic E-state index is 5.92. The Morgan fingerprint density at radius 1 is 1.14 bits per heavy atom. The minimum Gasteiger partial charge on any atom is -0.418 e. The molecule has 14 heavy (non-hydrogen) atoms.